The van der Waals surface area contributed by atoms with Crippen molar-refractivity contribution in [3.63, 3.8) is 0 Å². The van der Waals surface area contributed by atoms with Crippen LogP contribution in [-0.2, 0) is 20.0 Å². The fourth-order valence-electron chi connectivity index (χ4n) is 7.05. The highest BCUT2D eigenvalue weighted by Crippen LogP contribution is 2.65. The van der Waals surface area contributed by atoms with E-state index in [0.29, 0.717) is 24.8 Å². The van der Waals surface area contributed by atoms with Crippen LogP contribution in [0, 0.1) is 29.6 Å². The third-order valence-corrected chi connectivity index (χ3v) is 9.94. The van der Waals surface area contributed by atoms with Gasteiger partial charge < -0.3 is 4.90 Å². The number of benzene rings is 1. The van der Waals surface area contributed by atoms with E-state index in [0.717, 1.165) is 17.8 Å². The molecule has 1 aromatic rings. The van der Waals surface area contributed by atoms with Crippen LogP contribution in [0.3, 0.4) is 0 Å². The number of hydrogen-bond donors (Lipinski definition) is 0. The maximum absolute atomic E-state index is 13.2. The first kappa shape index (κ1) is 17.7. The summed E-state index contributed by atoms with van der Waals surface area (Å²) >= 11 is 0. The van der Waals surface area contributed by atoms with Gasteiger partial charge in [-0.25, -0.2) is 8.42 Å². The van der Waals surface area contributed by atoms with E-state index in [2.05, 4.69) is 31.2 Å². The van der Waals surface area contributed by atoms with Gasteiger partial charge in [0, 0.05) is 18.4 Å². The Balaban J connectivity index is 1.51. The van der Waals surface area contributed by atoms with Crippen molar-refractivity contribution in [2.45, 2.75) is 44.4 Å². The Kier molecular flexibility index (Phi) is 3.98. The molecule has 0 aromatic heterocycles. The largest absolute Gasteiger partial charge is 0.327 e. The van der Waals surface area contributed by atoms with Crippen LogP contribution in [0.15, 0.2) is 30.3 Å². The summed E-state index contributed by atoms with van der Waals surface area (Å²) in [6.07, 6.45) is 5.41. The Bertz CT molecular complexity index is 818. The Morgan fingerprint density at radius 3 is 2.19 bits per heavy atom. The minimum absolute atomic E-state index is 0.0421. The highest BCUT2D eigenvalue weighted by Gasteiger charge is 2.60. The van der Waals surface area contributed by atoms with Crippen molar-refractivity contribution in [3.05, 3.63) is 35.9 Å². The Labute approximate surface area is 162 Å². The van der Waals surface area contributed by atoms with Crippen molar-refractivity contribution < 1.29 is 13.2 Å². The average Bonchev–Trinajstić information content (AvgIpc) is 3.01. The fourth-order valence-corrected chi connectivity index (χ4v) is 8.43. The van der Waals surface area contributed by atoms with Gasteiger partial charge in [0.1, 0.15) is 5.88 Å². The molecule has 4 bridgehead atoms. The molecule has 4 saturated carbocycles. The predicted molar refractivity (Wildman–Crippen MR) is 105 cm³/mol. The average molecular weight is 388 g/mol. The van der Waals surface area contributed by atoms with Crippen molar-refractivity contribution in [1.29, 1.82) is 0 Å². The summed E-state index contributed by atoms with van der Waals surface area (Å²) in [7, 11) is -3.09. The molecule has 4 nitrogen and oxygen atoms in total. The van der Waals surface area contributed by atoms with Gasteiger partial charge in [-0.15, -0.1) is 0 Å². The number of nitrogens with zero attached hydrogens (tertiary/aromatic N) is 1. The van der Waals surface area contributed by atoms with Crippen molar-refractivity contribution in [1.82, 2.24) is 4.90 Å². The number of hydrogen-bond acceptors (Lipinski definition) is 3. The van der Waals surface area contributed by atoms with Crippen LogP contribution in [0.1, 0.15) is 44.6 Å². The molecule has 0 unspecified atom stereocenters. The van der Waals surface area contributed by atoms with Crippen LogP contribution < -0.4 is 0 Å². The van der Waals surface area contributed by atoms with Crippen molar-refractivity contribution in [2.75, 3.05) is 18.2 Å². The molecule has 5 fully saturated rings. The van der Waals surface area contributed by atoms with E-state index in [1.165, 1.54) is 31.2 Å². The molecule has 0 radical (unpaired) electrons. The van der Waals surface area contributed by atoms with E-state index < -0.39 is 9.84 Å². The summed E-state index contributed by atoms with van der Waals surface area (Å²) < 4.78 is 23.7. The van der Waals surface area contributed by atoms with Crippen LogP contribution in [0.25, 0.3) is 0 Å². The first-order chi connectivity index (χ1) is 12.9. The molecule has 1 amide bonds. The topological polar surface area (TPSA) is 54.5 Å². The summed E-state index contributed by atoms with van der Waals surface area (Å²) in [4.78, 5) is 14.8. The lowest BCUT2D eigenvalue weighted by Gasteiger charge is -2.63. The van der Waals surface area contributed by atoms with Gasteiger partial charge in [-0.1, -0.05) is 37.3 Å². The summed E-state index contributed by atoms with van der Waals surface area (Å²) in [5.41, 5.74) is 1.21. The van der Waals surface area contributed by atoms with Gasteiger partial charge in [-0.3, -0.25) is 4.79 Å². The smallest absolute Gasteiger partial charge is 0.224 e. The first-order valence-corrected chi connectivity index (χ1v) is 12.2. The standard InChI is InChI=1S/C22H29NO3S/c1-15-16-9-19-11-17(15)12-20(10-16)22(19,18-5-3-2-4-6-18)13-21(24)23-7-8-27(25,26)14-23/h2-6,15-17,19-20H,7-14H2,1H3. The number of amides is 1. The zero-order valence-corrected chi connectivity index (χ0v) is 16.8. The minimum Gasteiger partial charge on any atom is -0.327 e. The lowest BCUT2D eigenvalue weighted by Crippen LogP contribution is -2.59. The molecular formula is C22H29NO3S. The van der Waals surface area contributed by atoms with Crippen molar-refractivity contribution in [3.8, 4) is 0 Å². The van der Waals surface area contributed by atoms with Gasteiger partial charge >= 0.3 is 0 Å². The van der Waals surface area contributed by atoms with E-state index in [-0.39, 0.29) is 23.0 Å². The molecule has 1 heterocycles. The van der Waals surface area contributed by atoms with E-state index in [1.807, 2.05) is 6.07 Å². The molecule has 4 aliphatic carbocycles. The Morgan fingerprint density at radius 1 is 1.07 bits per heavy atom. The fraction of sp³-hybridized carbons (Fsp3) is 0.682. The summed E-state index contributed by atoms with van der Waals surface area (Å²) in [5.74, 6) is 3.63. The van der Waals surface area contributed by atoms with Crippen LogP contribution >= 0.6 is 0 Å². The molecule has 0 N–H and O–H groups in total. The number of carbonyl (C=O) groups excluding carboxylic acids is 1. The van der Waals surface area contributed by atoms with Gasteiger partial charge in [0.25, 0.3) is 0 Å². The predicted octanol–water partition coefficient (Wildman–Crippen LogP) is 3.23. The third kappa shape index (κ3) is 2.68. The maximum atomic E-state index is 13.2. The maximum Gasteiger partial charge on any atom is 0.224 e. The zero-order valence-electron chi connectivity index (χ0n) is 16.0. The van der Waals surface area contributed by atoms with E-state index in [1.54, 1.807) is 4.90 Å². The molecule has 1 aromatic carbocycles. The lowest BCUT2D eigenvalue weighted by atomic mass is 9.41. The highest BCUT2D eigenvalue weighted by atomic mass is 32.2. The van der Waals surface area contributed by atoms with E-state index in [4.69, 9.17) is 0 Å². The third-order valence-electron chi connectivity index (χ3n) is 8.43. The monoisotopic (exact) mass is 387 g/mol. The van der Waals surface area contributed by atoms with Crippen LogP contribution in [-0.4, -0.2) is 37.4 Å². The van der Waals surface area contributed by atoms with E-state index >= 15 is 0 Å². The van der Waals surface area contributed by atoms with Gasteiger partial charge in [-0.2, -0.15) is 0 Å². The summed E-state index contributed by atoms with van der Waals surface area (Å²) in [6.45, 7) is 2.79. The molecule has 27 heavy (non-hydrogen) atoms. The summed E-state index contributed by atoms with van der Waals surface area (Å²) in [6, 6.07) is 10.6. The van der Waals surface area contributed by atoms with Crippen LogP contribution in [0.2, 0.25) is 0 Å². The second-order valence-corrected chi connectivity index (χ2v) is 11.7. The second-order valence-electron chi connectivity index (χ2n) is 9.53. The molecule has 1 aliphatic heterocycles. The molecular weight excluding hydrogens is 358 g/mol. The number of rotatable bonds is 3. The number of carbonyl (C=O) groups is 1. The van der Waals surface area contributed by atoms with Crippen LogP contribution in [0.5, 0.6) is 0 Å². The van der Waals surface area contributed by atoms with Gasteiger partial charge in [-0.05, 0) is 60.8 Å². The Hall–Kier alpha value is -1.36. The van der Waals surface area contributed by atoms with Gasteiger partial charge in [0.15, 0.2) is 9.84 Å². The molecule has 0 spiro atoms. The van der Waals surface area contributed by atoms with Gasteiger partial charge in [0.05, 0.1) is 5.75 Å². The van der Waals surface area contributed by atoms with Crippen LogP contribution in [0.4, 0.5) is 0 Å². The molecule has 5 aliphatic rings. The SMILES string of the molecule is CC1C2CC3CC1CC(C2)C3(CC(=O)N1CCS(=O)(=O)C1)c1ccccc1. The first-order valence-electron chi connectivity index (χ1n) is 10.4. The van der Waals surface area contributed by atoms with Crippen molar-refractivity contribution in [2.24, 2.45) is 29.6 Å². The Morgan fingerprint density at radius 2 is 1.67 bits per heavy atom. The molecule has 6 rings (SSSR count). The minimum atomic E-state index is -3.09. The summed E-state index contributed by atoms with van der Waals surface area (Å²) in [5, 5.41) is 0. The molecule has 0 atom stereocenters. The van der Waals surface area contributed by atoms with E-state index in [9.17, 15) is 13.2 Å². The highest BCUT2D eigenvalue weighted by molar-refractivity contribution is 7.91. The number of sulfone groups is 1. The molecule has 146 valence electrons. The van der Waals surface area contributed by atoms with Crippen molar-refractivity contribution >= 4 is 15.7 Å². The lowest BCUT2D eigenvalue weighted by molar-refractivity contribution is -0.140. The van der Waals surface area contributed by atoms with Gasteiger partial charge in [0.2, 0.25) is 5.91 Å². The molecule has 5 heteroatoms. The second kappa shape index (κ2) is 6.07. The normalized spacial score (nSPS) is 41.8. The quantitative estimate of drug-likeness (QED) is 0.800. The zero-order chi connectivity index (χ0) is 18.8. The molecule has 1 saturated heterocycles.